The van der Waals surface area contributed by atoms with Gasteiger partial charge in [-0.2, -0.15) is 0 Å². The van der Waals surface area contributed by atoms with Crippen LogP contribution in [0.1, 0.15) is 16.8 Å². The van der Waals surface area contributed by atoms with E-state index in [0.717, 1.165) is 42.1 Å². The average Bonchev–Trinajstić information content (AvgIpc) is 3.01. The van der Waals surface area contributed by atoms with Crippen LogP contribution >= 0.6 is 0 Å². The molecule has 0 radical (unpaired) electrons. The third-order valence-corrected chi connectivity index (χ3v) is 4.60. The minimum absolute atomic E-state index is 0.820. The maximum Gasteiger partial charge on any atom is 0.119 e. The zero-order valence-corrected chi connectivity index (χ0v) is 13.9. The Morgan fingerprint density at radius 2 is 1.75 bits per heavy atom. The molecule has 0 spiro atoms. The van der Waals surface area contributed by atoms with Crippen molar-refractivity contribution in [3.63, 3.8) is 0 Å². The van der Waals surface area contributed by atoms with Gasteiger partial charge in [0.2, 0.25) is 0 Å². The van der Waals surface area contributed by atoms with Gasteiger partial charge in [-0.3, -0.25) is 4.99 Å². The fourth-order valence-electron chi connectivity index (χ4n) is 3.32. The Hall–Kier alpha value is -2.75. The summed E-state index contributed by atoms with van der Waals surface area (Å²) in [5.74, 6) is 1.77. The standard InChI is InChI=1S/C20H20N2O2/c1-23-14-5-3-13(4-6-14)11-19-20-16(9-10-21-19)17-12-15(24-2)7-8-18(17)22-20/h3-8,12,22H,9-11H2,1-2H3. The van der Waals surface area contributed by atoms with Crippen LogP contribution in [0.25, 0.3) is 10.9 Å². The monoisotopic (exact) mass is 320 g/mol. The van der Waals surface area contributed by atoms with Crippen molar-refractivity contribution in [2.45, 2.75) is 12.8 Å². The zero-order chi connectivity index (χ0) is 16.5. The van der Waals surface area contributed by atoms with Gasteiger partial charge in [0.25, 0.3) is 0 Å². The summed E-state index contributed by atoms with van der Waals surface area (Å²) < 4.78 is 10.6. The maximum atomic E-state index is 5.37. The zero-order valence-electron chi connectivity index (χ0n) is 13.9. The minimum atomic E-state index is 0.820. The van der Waals surface area contributed by atoms with Crippen LogP contribution in [0.2, 0.25) is 0 Å². The lowest BCUT2D eigenvalue weighted by atomic mass is 9.98. The molecule has 0 fully saturated rings. The number of hydrogen-bond donors (Lipinski definition) is 1. The molecule has 0 saturated carbocycles. The first kappa shape index (κ1) is 14.8. The highest BCUT2D eigenvalue weighted by molar-refractivity contribution is 6.07. The Morgan fingerprint density at radius 1 is 1.00 bits per heavy atom. The third-order valence-electron chi connectivity index (χ3n) is 4.60. The van der Waals surface area contributed by atoms with Gasteiger partial charge in [-0.25, -0.2) is 0 Å². The molecule has 1 N–H and O–H groups in total. The van der Waals surface area contributed by atoms with E-state index >= 15 is 0 Å². The summed E-state index contributed by atoms with van der Waals surface area (Å²) in [7, 11) is 3.39. The molecule has 1 aromatic heterocycles. The Labute approximate surface area is 141 Å². The van der Waals surface area contributed by atoms with Crippen molar-refractivity contribution in [3.05, 3.63) is 59.3 Å². The van der Waals surface area contributed by atoms with Crippen molar-refractivity contribution in [2.24, 2.45) is 4.99 Å². The molecule has 0 amide bonds. The number of hydrogen-bond acceptors (Lipinski definition) is 3. The molecule has 0 bridgehead atoms. The highest BCUT2D eigenvalue weighted by Gasteiger charge is 2.20. The van der Waals surface area contributed by atoms with Gasteiger partial charge in [0, 0.05) is 23.9 Å². The van der Waals surface area contributed by atoms with Crippen molar-refractivity contribution in [3.8, 4) is 11.5 Å². The molecule has 4 heteroatoms. The number of aromatic nitrogens is 1. The van der Waals surface area contributed by atoms with E-state index in [1.54, 1.807) is 14.2 Å². The Kier molecular flexibility index (Phi) is 3.73. The molecule has 0 saturated heterocycles. The number of H-pyrrole nitrogens is 1. The molecule has 1 aliphatic rings. The van der Waals surface area contributed by atoms with Gasteiger partial charge in [-0.05, 0) is 47.9 Å². The first-order valence-corrected chi connectivity index (χ1v) is 8.13. The van der Waals surface area contributed by atoms with Gasteiger partial charge in [0.05, 0.1) is 25.6 Å². The van der Waals surface area contributed by atoms with E-state index < -0.39 is 0 Å². The lowest BCUT2D eigenvalue weighted by Crippen LogP contribution is -2.14. The number of nitrogens with one attached hydrogen (secondary N) is 1. The van der Waals surface area contributed by atoms with E-state index in [2.05, 4.69) is 29.2 Å². The summed E-state index contributed by atoms with van der Waals surface area (Å²) in [6.45, 7) is 0.836. The lowest BCUT2D eigenvalue weighted by molar-refractivity contribution is 0.414. The topological polar surface area (TPSA) is 46.6 Å². The highest BCUT2D eigenvalue weighted by atomic mass is 16.5. The van der Waals surface area contributed by atoms with E-state index in [4.69, 9.17) is 14.5 Å². The van der Waals surface area contributed by atoms with Gasteiger partial charge in [0.1, 0.15) is 11.5 Å². The quantitative estimate of drug-likeness (QED) is 0.795. The Bertz CT molecular complexity index is 907. The van der Waals surface area contributed by atoms with Crippen molar-refractivity contribution in [1.29, 1.82) is 0 Å². The van der Waals surface area contributed by atoms with Gasteiger partial charge in [-0.15, -0.1) is 0 Å². The van der Waals surface area contributed by atoms with Crippen LogP contribution < -0.4 is 9.47 Å². The summed E-state index contributed by atoms with van der Waals surface area (Å²) in [6.07, 6.45) is 1.79. The summed E-state index contributed by atoms with van der Waals surface area (Å²) in [5.41, 5.74) is 6.02. The molecule has 0 atom stereocenters. The van der Waals surface area contributed by atoms with Crippen LogP contribution in [0.3, 0.4) is 0 Å². The summed E-state index contributed by atoms with van der Waals surface area (Å²) >= 11 is 0. The molecule has 122 valence electrons. The number of aromatic amines is 1. The molecule has 0 aliphatic carbocycles. The van der Waals surface area contributed by atoms with Crippen LogP contribution in [-0.4, -0.2) is 31.5 Å². The van der Waals surface area contributed by atoms with Gasteiger partial charge in [0.15, 0.2) is 0 Å². The minimum Gasteiger partial charge on any atom is -0.497 e. The fourth-order valence-corrected chi connectivity index (χ4v) is 3.32. The highest BCUT2D eigenvalue weighted by Crippen LogP contribution is 2.30. The van der Waals surface area contributed by atoms with Crippen molar-refractivity contribution >= 4 is 16.6 Å². The van der Waals surface area contributed by atoms with Gasteiger partial charge in [-0.1, -0.05) is 12.1 Å². The second-order valence-corrected chi connectivity index (χ2v) is 5.99. The number of fused-ring (bicyclic) bond motifs is 3. The van der Waals surface area contributed by atoms with E-state index in [0.29, 0.717) is 0 Å². The Balaban J connectivity index is 1.70. The number of rotatable bonds is 4. The molecule has 2 heterocycles. The number of nitrogens with zero attached hydrogens (tertiary/aromatic N) is 1. The molecule has 2 aromatic carbocycles. The van der Waals surface area contributed by atoms with E-state index in [1.165, 1.54) is 22.2 Å². The Morgan fingerprint density at radius 3 is 2.50 bits per heavy atom. The average molecular weight is 320 g/mol. The molecule has 24 heavy (non-hydrogen) atoms. The normalized spacial score (nSPS) is 13.5. The number of aliphatic imine (C=N–C) groups is 1. The van der Waals surface area contributed by atoms with E-state index in [1.807, 2.05) is 18.2 Å². The number of ether oxygens (including phenoxy) is 2. The molecule has 4 nitrogen and oxygen atoms in total. The molecule has 0 unspecified atom stereocenters. The van der Waals surface area contributed by atoms with Crippen molar-refractivity contribution < 1.29 is 9.47 Å². The van der Waals surface area contributed by atoms with Gasteiger partial charge < -0.3 is 14.5 Å². The molecular formula is C20H20N2O2. The van der Waals surface area contributed by atoms with Crippen molar-refractivity contribution in [1.82, 2.24) is 4.98 Å². The van der Waals surface area contributed by atoms with Crippen LogP contribution in [0.5, 0.6) is 11.5 Å². The summed E-state index contributed by atoms with van der Waals surface area (Å²) in [4.78, 5) is 8.32. The predicted octanol–water partition coefficient (Wildman–Crippen LogP) is 3.77. The summed E-state index contributed by atoms with van der Waals surface area (Å²) in [6, 6.07) is 14.4. The first-order valence-electron chi connectivity index (χ1n) is 8.13. The molecular weight excluding hydrogens is 300 g/mol. The first-order chi connectivity index (χ1) is 11.8. The van der Waals surface area contributed by atoms with Crippen molar-refractivity contribution in [2.75, 3.05) is 20.8 Å². The smallest absolute Gasteiger partial charge is 0.119 e. The number of benzene rings is 2. The largest absolute Gasteiger partial charge is 0.497 e. The second kappa shape index (κ2) is 6.04. The third kappa shape index (κ3) is 2.54. The maximum absolute atomic E-state index is 5.37. The predicted molar refractivity (Wildman–Crippen MR) is 96.7 cm³/mol. The summed E-state index contributed by atoms with van der Waals surface area (Å²) in [5, 5.41) is 1.24. The second-order valence-electron chi connectivity index (χ2n) is 5.99. The number of methoxy groups -OCH3 is 2. The SMILES string of the molecule is COc1ccc(CC2=NCCc3c2[nH]c2ccc(OC)cc32)cc1. The lowest BCUT2D eigenvalue weighted by Gasteiger charge is -2.14. The molecule has 4 rings (SSSR count). The van der Waals surface area contributed by atoms with Gasteiger partial charge >= 0.3 is 0 Å². The van der Waals surface area contributed by atoms with Crippen LogP contribution in [0.15, 0.2) is 47.5 Å². The fraction of sp³-hybridized carbons (Fsp3) is 0.250. The van der Waals surface area contributed by atoms with Crippen LogP contribution in [0, 0.1) is 0 Å². The van der Waals surface area contributed by atoms with E-state index in [-0.39, 0.29) is 0 Å². The van der Waals surface area contributed by atoms with Crippen LogP contribution in [0.4, 0.5) is 0 Å². The molecule has 3 aromatic rings. The van der Waals surface area contributed by atoms with Crippen LogP contribution in [-0.2, 0) is 12.8 Å². The van der Waals surface area contributed by atoms with E-state index in [9.17, 15) is 0 Å². The molecule has 1 aliphatic heterocycles.